The highest BCUT2D eigenvalue weighted by Gasteiger charge is 2.18. The summed E-state index contributed by atoms with van der Waals surface area (Å²) in [6.45, 7) is 1.08. The third kappa shape index (κ3) is 2.21. The molecule has 5 heteroatoms. The second-order valence-corrected chi connectivity index (χ2v) is 4.84. The number of carbonyl (C=O) groups is 1. The first kappa shape index (κ1) is 12.2. The van der Waals surface area contributed by atoms with Crippen LogP contribution in [0.3, 0.4) is 0 Å². The Balaban J connectivity index is 1.96. The highest BCUT2D eigenvalue weighted by Crippen LogP contribution is 2.17. The lowest BCUT2D eigenvalue weighted by atomic mass is 10.1. The lowest BCUT2D eigenvalue weighted by molar-refractivity contribution is 0.0602. The first-order valence-corrected chi connectivity index (χ1v) is 6.56. The zero-order valence-electron chi connectivity index (χ0n) is 10.9. The Hall–Kier alpha value is -1.88. The molecule has 1 unspecified atom stereocenters. The molecular weight excluding hydrogens is 242 g/mol. The van der Waals surface area contributed by atoms with Crippen LogP contribution in [-0.4, -0.2) is 35.1 Å². The molecule has 1 N–H and O–H groups in total. The van der Waals surface area contributed by atoms with Crippen molar-refractivity contribution in [3.63, 3.8) is 0 Å². The van der Waals surface area contributed by atoms with Gasteiger partial charge in [0.1, 0.15) is 5.82 Å². The van der Waals surface area contributed by atoms with Crippen molar-refractivity contribution in [2.45, 2.75) is 25.3 Å². The number of hydrogen-bond donors (Lipinski definition) is 1. The van der Waals surface area contributed by atoms with Gasteiger partial charge in [0.05, 0.1) is 24.4 Å². The Kier molecular flexibility index (Phi) is 3.21. The predicted molar refractivity (Wildman–Crippen MR) is 71.3 cm³/mol. The molecule has 2 aromatic rings. The Morgan fingerprint density at radius 3 is 3.26 bits per heavy atom. The zero-order valence-corrected chi connectivity index (χ0v) is 10.9. The first-order chi connectivity index (χ1) is 9.29. The number of esters is 1. The van der Waals surface area contributed by atoms with Crippen molar-refractivity contribution in [1.29, 1.82) is 0 Å². The molecule has 0 saturated carbocycles. The van der Waals surface area contributed by atoms with Crippen LogP contribution in [0.15, 0.2) is 24.5 Å². The number of pyridine rings is 1. The van der Waals surface area contributed by atoms with Gasteiger partial charge in [-0.3, -0.25) is 0 Å². The molecule has 1 fully saturated rings. The maximum atomic E-state index is 11.7. The molecule has 0 amide bonds. The number of aromatic nitrogens is 2. The molecule has 5 nitrogen and oxygen atoms in total. The van der Waals surface area contributed by atoms with Gasteiger partial charge in [0, 0.05) is 18.7 Å². The van der Waals surface area contributed by atoms with E-state index < -0.39 is 0 Å². The van der Waals surface area contributed by atoms with E-state index in [0.717, 1.165) is 24.3 Å². The molecule has 2 aromatic heterocycles. The fourth-order valence-electron chi connectivity index (χ4n) is 2.66. The lowest BCUT2D eigenvalue weighted by Gasteiger charge is -2.09. The van der Waals surface area contributed by atoms with Crippen LogP contribution in [0.5, 0.6) is 0 Å². The molecule has 0 aromatic carbocycles. The number of rotatable bonds is 3. The van der Waals surface area contributed by atoms with Crippen molar-refractivity contribution in [2.24, 2.45) is 0 Å². The van der Waals surface area contributed by atoms with Crippen LogP contribution in [0.4, 0.5) is 0 Å². The molecule has 3 rings (SSSR count). The number of methoxy groups -OCH3 is 1. The fraction of sp³-hybridized carbons (Fsp3) is 0.429. The van der Waals surface area contributed by atoms with Gasteiger partial charge in [-0.05, 0) is 31.5 Å². The lowest BCUT2D eigenvalue weighted by Crippen LogP contribution is -2.24. The topological polar surface area (TPSA) is 55.6 Å². The Labute approximate surface area is 111 Å². The van der Waals surface area contributed by atoms with Crippen LogP contribution in [-0.2, 0) is 11.2 Å². The second-order valence-electron chi connectivity index (χ2n) is 4.84. The van der Waals surface area contributed by atoms with Crippen molar-refractivity contribution in [1.82, 2.24) is 14.7 Å². The van der Waals surface area contributed by atoms with Crippen LogP contribution in [0, 0.1) is 0 Å². The van der Waals surface area contributed by atoms with Crippen molar-refractivity contribution in [3.8, 4) is 0 Å². The summed E-state index contributed by atoms with van der Waals surface area (Å²) in [6, 6.07) is 4.11. The molecule has 0 spiro atoms. The molecule has 0 radical (unpaired) electrons. The van der Waals surface area contributed by atoms with Crippen LogP contribution in [0.25, 0.3) is 5.52 Å². The number of carbonyl (C=O) groups excluding carboxylic acids is 1. The summed E-state index contributed by atoms with van der Waals surface area (Å²) in [7, 11) is 1.39. The zero-order chi connectivity index (χ0) is 13.2. The van der Waals surface area contributed by atoms with Crippen molar-refractivity contribution < 1.29 is 9.53 Å². The molecule has 0 aliphatic carbocycles. The summed E-state index contributed by atoms with van der Waals surface area (Å²) >= 11 is 0. The van der Waals surface area contributed by atoms with Gasteiger partial charge in [-0.2, -0.15) is 0 Å². The van der Waals surface area contributed by atoms with E-state index in [1.807, 2.05) is 16.7 Å². The summed E-state index contributed by atoms with van der Waals surface area (Å²) < 4.78 is 6.77. The maximum absolute atomic E-state index is 11.7. The van der Waals surface area contributed by atoms with Crippen LogP contribution < -0.4 is 5.32 Å². The number of nitrogens with zero attached hydrogens (tertiary/aromatic N) is 2. The minimum absolute atomic E-state index is 0.323. The SMILES string of the molecule is COC(=O)c1cccn2c(CC3CCCN3)ncc12. The van der Waals surface area contributed by atoms with E-state index in [1.54, 1.807) is 12.3 Å². The van der Waals surface area contributed by atoms with E-state index in [2.05, 4.69) is 10.3 Å². The summed E-state index contributed by atoms with van der Waals surface area (Å²) in [5.41, 5.74) is 1.37. The van der Waals surface area contributed by atoms with Gasteiger partial charge in [0.2, 0.25) is 0 Å². The van der Waals surface area contributed by atoms with E-state index in [-0.39, 0.29) is 5.97 Å². The minimum atomic E-state index is -0.323. The van der Waals surface area contributed by atoms with E-state index in [1.165, 1.54) is 20.0 Å². The molecule has 3 heterocycles. The normalized spacial score (nSPS) is 18.9. The molecule has 1 saturated heterocycles. The van der Waals surface area contributed by atoms with Crippen molar-refractivity contribution in [2.75, 3.05) is 13.7 Å². The highest BCUT2D eigenvalue weighted by molar-refractivity contribution is 5.96. The summed E-state index contributed by atoms with van der Waals surface area (Å²) in [6.07, 6.45) is 6.99. The van der Waals surface area contributed by atoms with Crippen LogP contribution in [0.1, 0.15) is 29.0 Å². The molecule has 1 atom stereocenters. The largest absolute Gasteiger partial charge is 0.465 e. The van der Waals surface area contributed by atoms with Gasteiger partial charge in [0.15, 0.2) is 0 Å². The smallest absolute Gasteiger partial charge is 0.340 e. The third-order valence-corrected chi connectivity index (χ3v) is 3.64. The Morgan fingerprint density at radius 1 is 1.63 bits per heavy atom. The van der Waals surface area contributed by atoms with Gasteiger partial charge in [0.25, 0.3) is 0 Å². The number of nitrogens with one attached hydrogen (secondary N) is 1. The van der Waals surface area contributed by atoms with Crippen molar-refractivity contribution >= 4 is 11.5 Å². The fourth-order valence-corrected chi connectivity index (χ4v) is 2.66. The third-order valence-electron chi connectivity index (χ3n) is 3.64. The molecular formula is C14H17N3O2. The second kappa shape index (κ2) is 5.01. The molecule has 0 bridgehead atoms. The van der Waals surface area contributed by atoms with E-state index in [4.69, 9.17) is 4.74 Å². The molecule has 19 heavy (non-hydrogen) atoms. The Morgan fingerprint density at radius 2 is 2.53 bits per heavy atom. The monoisotopic (exact) mass is 259 g/mol. The van der Waals surface area contributed by atoms with Gasteiger partial charge >= 0.3 is 5.97 Å². The summed E-state index contributed by atoms with van der Waals surface area (Å²) in [4.78, 5) is 16.2. The molecule has 1 aliphatic rings. The molecule has 1 aliphatic heterocycles. The van der Waals surface area contributed by atoms with Crippen molar-refractivity contribution in [3.05, 3.63) is 35.9 Å². The molecule has 100 valence electrons. The number of hydrogen-bond acceptors (Lipinski definition) is 4. The maximum Gasteiger partial charge on any atom is 0.340 e. The minimum Gasteiger partial charge on any atom is -0.465 e. The van der Waals surface area contributed by atoms with Crippen LogP contribution >= 0.6 is 0 Å². The van der Waals surface area contributed by atoms with Gasteiger partial charge < -0.3 is 14.5 Å². The average Bonchev–Trinajstić information content (AvgIpc) is 3.08. The predicted octanol–water partition coefficient (Wildman–Crippen LogP) is 1.42. The van der Waals surface area contributed by atoms with Gasteiger partial charge in [-0.15, -0.1) is 0 Å². The van der Waals surface area contributed by atoms with E-state index in [0.29, 0.717) is 11.6 Å². The quantitative estimate of drug-likeness (QED) is 0.847. The standard InChI is InChI=1S/C14H17N3O2/c1-19-14(18)11-5-3-7-17-12(11)9-16-13(17)8-10-4-2-6-15-10/h3,5,7,9-10,15H,2,4,6,8H2,1H3. The number of imidazole rings is 1. The number of fused-ring (bicyclic) bond motifs is 1. The summed E-state index contributed by atoms with van der Waals surface area (Å²) in [5, 5.41) is 3.46. The Bertz CT molecular complexity index is 600. The number of ether oxygens (including phenoxy) is 1. The van der Waals surface area contributed by atoms with Crippen LogP contribution in [0.2, 0.25) is 0 Å². The summed E-state index contributed by atoms with van der Waals surface area (Å²) in [5.74, 6) is 0.663. The first-order valence-electron chi connectivity index (χ1n) is 6.56. The van der Waals surface area contributed by atoms with Gasteiger partial charge in [-0.1, -0.05) is 0 Å². The van der Waals surface area contributed by atoms with E-state index in [9.17, 15) is 4.79 Å². The van der Waals surface area contributed by atoms with E-state index >= 15 is 0 Å². The van der Waals surface area contributed by atoms with Gasteiger partial charge in [-0.25, -0.2) is 9.78 Å². The highest BCUT2D eigenvalue weighted by atomic mass is 16.5. The average molecular weight is 259 g/mol.